The fraction of sp³-hybridized carbons (Fsp3) is 0.476. The van der Waals surface area contributed by atoms with E-state index < -0.39 is 5.91 Å². The van der Waals surface area contributed by atoms with Crippen LogP contribution in [-0.4, -0.2) is 48.5 Å². The Morgan fingerprint density at radius 1 is 1.28 bits per heavy atom. The van der Waals surface area contributed by atoms with Gasteiger partial charge in [0, 0.05) is 25.1 Å². The van der Waals surface area contributed by atoms with E-state index in [1.807, 2.05) is 4.90 Å². The number of oxazole rings is 1. The van der Waals surface area contributed by atoms with E-state index >= 15 is 0 Å². The summed E-state index contributed by atoms with van der Waals surface area (Å²) in [6.07, 6.45) is 2.91. The average Bonchev–Trinajstić information content (AvgIpc) is 3.32. The van der Waals surface area contributed by atoms with Crippen molar-refractivity contribution in [3.63, 3.8) is 0 Å². The molecular weight excluding hydrogens is 374 g/mol. The number of carbonyl (C=O) groups excluding carboxylic acids is 2. The summed E-state index contributed by atoms with van der Waals surface area (Å²) in [5, 5.41) is 2.78. The van der Waals surface area contributed by atoms with Crippen molar-refractivity contribution >= 4 is 17.5 Å². The second-order valence-corrected chi connectivity index (χ2v) is 7.05. The predicted octanol–water partition coefficient (Wildman–Crippen LogP) is 3.58. The van der Waals surface area contributed by atoms with Crippen LogP contribution in [0.1, 0.15) is 58.7 Å². The first-order chi connectivity index (χ1) is 13.9. The van der Waals surface area contributed by atoms with Crippen molar-refractivity contribution in [1.29, 1.82) is 0 Å². The molecule has 2 amide bonds. The molecule has 1 fully saturated rings. The lowest BCUT2D eigenvalue weighted by Crippen LogP contribution is -2.35. The first-order valence-corrected chi connectivity index (χ1v) is 9.71. The first-order valence-electron chi connectivity index (χ1n) is 9.71. The highest BCUT2D eigenvalue weighted by atomic mass is 16.5. The molecule has 1 aromatic heterocycles. The van der Waals surface area contributed by atoms with Crippen LogP contribution in [-0.2, 0) is 0 Å². The highest BCUT2D eigenvalue weighted by molar-refractivity contribution is 6.06. The summed E-state index contributed by atoms with van der Waals surface area (Å²) < 4.78 is 16.2. The lowest BCUT2D eigenvalue weighted by molar-refractivity contribution is 0.0733. The first kappa shape index (κ1) is 20.7. The van der Waals surface area contributed by atoms with Crippen molar-refractivity contribution in [2.24, 2.45) is 0 Å². The molecule has 0 aliphatic carbocycles. The van der Waals surface area contributed by atoms with Gasteiger partial charge in [-0.05, 0) is 38.3 Å². The number of rotatable bonds is 6. The molecule has 8 heteroatoms. The summed E-state index contributed by atoms with van der Waals surface area (Å²) in [7, 11) is 2.97. The fourth-order valence-electron chi connectivity index (χ4n) is 3.80. The summed E-state index contributed by atoms with van der Waals surface area (Å²) >= 11 is 0. The molecule has 1 saturated heterocycles. The average molecular weight is 401 g/mol. The normalized spacial score (nSPS) is 16.0. The van der Waals surface area contributed by atoms with Gasteiger partial charge in [0.25, 0.3) is 11.8 Å². The molecule has 3 rings (SSSR count). The monoisotopic (exact) mass is 401 g/mol. The quantitative estimate of drug-likeness (QED) is 0.795. The van der Waals surface area contributed by atoms with Crippen molar-refractivity contribution in [1.82, 2.24) is 9.88 Å². The number of likely N-dealkylation sites (tertiary alicyclic amines) is 1. The Morgan fingerprint density at radius 2 is 2.03 bits per heavy atom. The molecule has 0 saturated carbocycles. The number of hydrogen-bond donors (Lipinski definition) is 1. The van der Waals surface area contributed by atoms with Crippen molar-refractivity contribution in [2.75, 3.05) is 26.1 Å². The molecule has 0 radical (unpaired) electrons. The van der Waals surface area contributed by atoms with Gasteiger partial charge in [0.15, 0.2) is 23.1 Å². The van der Waals surface area contributed by atoms with Crippen molar-refractivity contribution in [3.8, 4) is 11.5 Å². The van der Waals surface area contributed by atoms with E-state index in [9.17, 15) is 9.59 Å². The lowest BCUT2D eigenvalue weighted by Gasteiger charge is -2.24. The van der Waals surface area contributed by atoms with Crippen molar-refractivity contribution in [2.45, 2.75) is 46.1 Å². The van der Waals surface area contributed by atoms with Crippen LogP contribution < -0.4 is 14.8 Å². The zero-order valence-electron chi connectivity index (χ0n) is 17.5. The third-order valence-corrected chi connectivity index (χ3v) is 5.20. The standard InChI is InChI=1S/C21H27N3O5/c1-6-15-8-7-9-24(15)21(26)14-10-16(19(28-5)17(11-14)27-4)23-20(25)18-12(2)29-13(3)22-18/h10-11,15H,6-9H2,1-5H3,(H,23,25). The summed E-state index contributed by atoms with van der Waals surface area (Å²) in [6, 6.07) is 3.50. The van der Waals surface area contributed by atoms with Gasteiger partial charge < -0.3 is 24.1 Å². The molecule has 8 nitrogen and oxygen atoms in total. The van der Waals surface area contributed by atoms with Gasteiger partial charge in [0.1, 0.15) is 5.76 Å². The summed E-state index contributed by atoms with van der Waals surface area (Å²) in [4.78, 5) is 31.9. The van der Waals surface area contributed by atoms with Gasteiger partial charge in [-0.2, -0.15) is 0 Å². The summed E-state index contributed by atoms with van der Waals surface area (Å²) in [5.41, 5.74) is 0.963. The second kappa shape index (κ2) is 8.55. The van der Waals surface area contributed by atoms with E-state index in [4.69, 9.17) is 13.9 Å². The maximum atomic E-state index is 13.1. The number of aryl methyl sites for hydroxylation is 2. The second-order valence-electron chi connectivity index (χ2n) is 7.05. The number of anilines is 1. The molecule has 0 bridgehead atoms. The van der Waals surface area contributed by atoms with E-state index in [1.54, 1.807) is 26.0 Å². The molecule has 1 atom stereocenters. The number of benzene rings is 1. The molecule has 1 unspecified atom stereocenters. The highest BCUT2D eigenvalue weighted by Crippen LogP contribution is 2.38. The lowest BCUT2D eigenvalue weighted by atomic mass is 10.1. The number of hydrogen-bond acceptors (Lipinski definition) is 6. The van der Waals surface area contributed by atoms with Gasteiger partial charge in [-0.1, -0.05) is 6.92 Å². The number of nitrogens with one attached hydrogen (secondary N) is 1. The van der Waals surface area contributed by atoms with E-state index in [0.29, 0.717) is 34.4 Å². The van der Waals surface area contributed by atoms with Gasteiger partial charge >= 0.3 is 0 Å². The zero-order valence-corrected chi connectivity index (χ0v) is 17.5. The topological polar surface area (TPSA) is 93.9 Å². The molecule has 1 N–H and O–H groups in total. The minimum atomic E-state index is -0.447. The molecule has 0 spiro atoms. The van der Waals surface area contributed by atoms with Crippen LogP contribution in [0.4, 0.5) is 5.69 Å². The van der Waals surface area contributed by atoms with Crippen LogP contribution in [0.3, 0.4) is 0 Å². The third-order valence-electron chi connectivity index (χ3n) is 5.20. The van der Waals surface area contributed by atoms with Gasteiger partial charge in [-0.3, -0.25) is 9.59 Å². The Kier molecular flexibility index (Phi) is 6.10. The van der Waals surface area contributed by atoms with Crippen molar-refractivity contribution in [3.05, 3.63) is 35.0 Å². The van der Waals surface area contributed by atoms with Crippen LogP contribution in [0.2, 0.25) is 0 Å². The number of methoxy groups -OCH3 is 2. The number of ether oxygens (including phenoxy) is 2. The van der Waals surface area contributed by atoms with Crippen molar-refractivity contribution < 1.29 is 23.5 Å². The predicted molar refractivity (Wildman–Crippen MR) is 108 cm³/mol. The molecular formula is C21H27N3O5. The van der Waals surface area contributed by atoms with Gasteiger partial charge in [-0.15, -0.1) is 0 Å². The number of nitrogens with zero attached hydrogens (tertiary/aromatic N) is 2. The minimum Gasteiger partial charge on any atom is -0.493 e. The largest absolute Gasteiger partial charge is 0.493 e. The molecule has 156 valence electrons. The van der Waals surface area contributed by atoms with Gasteiger partial charge in [0.05, 0.1) is 19.9 Å². The Labute approximate surface area is 170 Å². The Hall–Kier alpha value is -3.03. The third kappa shape index (κ3) is 4.06. The van der Waals surface area contributed by atoms with Gasteiger partial charge in [-0.25, -0.2) is 4.98 Å². The summed E-state index contributed by atoms with van der Waals surface area (Å²) in [5.74, 6) is 0.996. The molecule has 1 aliphatic heterocycles. The smallest absolute Gasteiger partial charge is 0.278 e. The Balaban J connectivity index is 1.97. The maximum absolute atomic E-state index is 13.1. The Bertz CT molecular complexity index is 921. The van der Waals surface area contributed by atoms with Gasteiger partial charge in [0.2, 0.25) is 0 Å². The van der Waals surface area contributed by atoms with E-state index in [-0.39, 0.29) is 17.6 Å². The molecule has 1 aliphatic rings. The van der Waals surface area contributed by atoms with Crippen LogP contribution in [0.15, 0.2) is 16.5 Å². The minimum absolute atomic E-state index is 0.0840. The van der Waals surface area contributed by atoms with Crippen LogP contribution in [0, 0.1) is 13.8 Å². The SMILES string of the molecule is CCC1CCCN1C(=O)c1cc(NC(=O)c2nc(C)oc2C)c(OC)c(OC)c1. The molecule has 29 heavy (non-hydrogen) atoms. The van der Waals surface area contributed by atoms with Crippen LogP contribution in [0.5, 0.6) is 11.5 Å². The van der Waals surface area contributed by atoms with Crippen LogP contribution >= 0.6 is 0 Å². The zero-order chi connectivity index (χ0) is 21.1. The van der Waals surface area contributed by atoms with E-state index in [2.05, 4.69) is 17.2 Å². The fourth-order valence-corrected chi connectivity index (χ4v) is 3.80. The summed E-state index contributed by atoms with van der Waals surface area (Å²) in [6.45, 7) is 6.15. The number of carbonyl (C=O) groups is 2. The Morgan fingerprint density at radius 3 is 2.62 bits per heavy atom. The number of amides is 2. The van der Waals surface area contributed by atoms with E-state index in [0.717, 1.165) is 25.8 Å². The highest BCUT2D eigenvalue weighted by Gasteiger charge is 2.29. The molecule has 2 heterocycles. The molecule has 1 aromatic carbocycles. The maximum Gasteiger partial charge on any atom is 0.278 e. The number of aromatic nitrogens is 1. The van der Waals surface area contributed by atoms with E-state index in [1.165, 1.54) is 14.2 Å². The molecule has 2 aromatic rings. The van der Waals surface area contributed by atoms with Crippen LogP contribution in [0.25, 0.3) is 0 Å².